The number of nitrogens with one attached hydrogen (secondary N) is 3. The molecule has 2 amide bonds. The highest BCUT2D eigenvalue weighted by molar-refractivity contribution is 6.31. The molecule has 1 saturated heterocycles. The lowest BCUT2D eigenvalue weighted by Gasteiger charge is -2.59. The van der Waals surface area contributed by atoms with Gasteiger partial charge in [0.05, 0.1) is 30.5 Å². The van der Waals surface area contributed by atoms with Crippen molar-refractivity contribution >= 4 is 40.7 Å². The predicted molar refractivity (Wildman–Crippen MR) is 146 cm³/mol. The first-order valence-corrected chi connectivity index (χ1v) is 14.3. The Morgan fingerprint density at radius 1 is 1.07 bits per heavy atom. The van der Waals surface area contributed by atoms with E-state index >= 15 is 4.39 Å². The summed E-state index contributed by atoms with van der Waals surface area (Å²) in [5.74, 6) is -2.80. The topological polar surface area (TPSA) is 90.5 Å². The van der Waals surface area contributed by atoms with Crippen LogP contribution in [0.2, 0.25) is 10.0 Å². The summed E-state index contributed by atoms with van der Waals surface area (Å²) in [6.45, 7) is -1.87. The van der Waals surface area contributed by atoms with Gasteiger partial charge in [-0.15, -0.1) is 0 Å². The van der Waals surface area contributed by atoms with Crippen LogP contribution in [-0.4, -0.2) is 54.0 Å². The number of aliphatic hydroxyl groups is 1. The SMILES string of the molecule is O=C(NC1CCC(O)CC1)[C@@H]1NC2(CC(CF)(CF)C2)[C@@]2(C(=O)Nc3cc(Cl)ccc32)[C@H]1c1cccc(Cl)c1F. The van der Waals surface area contributed by atoms with Crippen molar-refractivity contribution < 1.29 is 27.9 Å². The van der Waals surface area contributed by atoms with E-state index in [0.717, 1.165) is 0 Å². The van der Waals surface area contributed by atoms with Gasteiger partial charge in [0, 0.05) is 33.6 Å². The van der Waals surface area contributed by atoms with Crippen LogP contribution >= 0.6 is 23.2 Å². The van der Waals surface area contributed by atoms with Crippen LogP contribution < -0.4 is 16.0 Å². The van der Waals surface area contributed by atoms with Crippen LogP contribution in [0.5, 0.6) is 0 Å². The summed E-state index contributed by atoms with van der Waals surface area (Å²) in [6.07, 6.45) is 1.65. The van der Waals surface area contributed by atoms with Crippen molar-refractivity contribution in [2.75, 3.05) is 18.7 Å². The zero-order chi connectivity index (χ0) is 28.4. The van der Waals surface area contributed by atoms with E-state index in [9.17, 15) is 23.5 Å². The molecule has 3 fully saturated rings. The second-order valence-corrected chi connectivity index (χ2v) is 12.8. The van der Waals surface area contributed by atoms with E-state index < -0.39 is 65.4 Å². The van der Waals surface area contributed by atoms with E-state index in [2.05, 4.69) is 16.0 Å². The Morgan fingerprint density at radius 2 is 1.77 bits per heavy atom. The third-order valence-corrected chi connectivity index (χ3v) is 10.1. The average molecular weight is 596 g/mol. The summed E-state index contributed by atoms with van der Waals surface area (Å²) < 4.78 is 44.3. The lowest BCUT2D eigenvalue weighted by atomic mass is 9.46. The van der Waals surface area contributed by atoms with Crippen molar-refractivity contribution in [1.82, 2.24) is 10.6 Å². The number of halogens is 5. The van der Waals surface area contributed by atoms with Gasteiger partial charge in [-0.3, -0.25) is 23.7 Å². The monoisotopic (exact) mass is 595 g/mol. The smallest absolute Gasteiger partial charge is 0.238 e. The van der Waals surface area contributed by atoms with Crippen LogP contribution in [0.15, 0.2) is 36.4 Å². The molecule has 2 aromatic rings. The number of amides is 2. The molecule has 2 heterocycles. The molecular formula is C29H30Cl2F3N3O3. The van der Waals surface area contributed by atoms with Gasteiger partial charge < -0.3 is 15.7 Å². The average Bonchev–Trinajstić information content (AvgIpc) is 3.38. The van der Waals surface area contributed by atoms with Gasteiger partial charge in [0.15, 0.2) is 0 Å². The van der Waals surface area contributed by atoms with E-state index in [-0.39, 0.29) is 29.5 Å². The number of rotatable bonds is 5. The fourth-order valence-corrected chi connectivity index (χ4v) is 8.22. The van der Waals surface area contributed by atoms with Gasteiger partial charge in [-0.25, -0.2) is 4.39 Å². The lowest BCUT2D eigenvalue weighted by molar-refractivity contribution is -0.131. The molecule has 40 heavy (non-hydrogen) atoms. The number of benzene rings is 2. The first kappa shape index (κ1) is 27.8. The minimum atomic E-state index is -1.59. The maximum atomic E-state index is 15.9. The number of fused-ring (bicyclic) bond motifs is 3. The normalized spacial score (nSPS) is 31.6. The molecule has 3 atom stereocenters. The molecule has 214 valence electrons. The van der Waals surface area contributed by atoms with Gasteiger partial charge in [0.1, 0.15) is 11.2 Å². The molecule has 0 aromatic heterocycles. The molecular weight excluding hydrogens is 566 g/mol. The summed E-state index contributed by atoms with van der Waals surface area (Å²) in [7, 11) is 0. The first-order valence-electron chi connectivity index (χ1n) is 13.5. The van der Waals surface area contributed by atoms with E-state index in [4.69, 9.17) is 23.2 Å². The first-order chi connectivity index (χ1) is 19.1. The molecule has 2 aromatic carbocycles. The highest BCUT2D eigenvalue weighted by Gasteiger charge is 2.78. The Bertz CT molecular complexity index is 1360. The number of carbonyl (C=O) groups excluding carboxylic acids is 2. The maximum absolute atomic E-state index is 15.9. The molecule has 0 radical (unpaired) electrons. The second-order valence-electron chi connectivity index (χ2n) is 11.9. The molecule has 6 rings (SSSR count). The van der Waals surface area contributed by atoms with Gasteiger partial charge >= 0.3 is 0 Å². The van der Waals surface area contributed by atoms with Crippen LogP contribution in [-0.2, 0) is 15.0 Å². The molecule has 4 N–H and O–H groups in total. The summed E-state index contributed by atoms with van der Waals surface area (Å²) in [5.41, 5.74) is -3.20. The number of alkyl halides is 2. The van der Waals surface area contributed by atoms with Crippen molar-refractivity contribution in [3.8, 4) is 0 Å². The van der Waals surface area contributed by atoms with E-state index in [1.54, 1.807) is 24.3 Å². The quantitative estimate of drug-likeness (QED) is 0.393. The van der Waals surface area contributed by atoms with Crippen molar-refractivity contribution in [2.45, 2.75) is 73.6 Å². The summed E-state index contributed by atoms with van der Waals surface area (Å²) in [5, 5.41) is 19.4. The molecule has 2 aliphatic carbocycles. The standard InChI is InChI=1S/C29H30Cl2F3N3O3/c30-15-4-9-19-21(10-15)36-26(40)29(19)22(18-2-1-3-20(31)23(18)34)24(25(39)35-16-5-7-17(38)8-6-16)37-28(29)11-27(12-28,13-32)14-33/h1-4,9-10,16-17,22,24,37-38H,5-8,11-14H2,(H,35,39)(H,36,40)/t16?,17?,22-,24+,29+/m0/s1. The van der Waals surface area contributed by atoms with Crippen LogP contribution in [0.4, 0.5) is 18.9 Å². The van der Waals surface area contributed by atoms with Gasteiger partial charge in [-0.1, -0.05) is 41.4 Å². The highest BCUT2D eigenvalue weighted by Crippen LogP contribution is 2.68. The third-order valence-electron chi connectivity index (χ3n) is 9.56. The fourth-order valence-electron chi connectivity index (χ4n) is 7.87. The Labute approximate surface area is 240 Å². The Kier molecular flexibility index (Phi) is 6.88. The highest BCUT2D eigenvalue weighted by atomic mass is 35.5. The van der Waals surface area contributed by atoms with Crippen molar-refractivity contribution in [3.05, 3.63) is 63.4 Å². The van der Waals surface area contributed by atoms with Crippen LogP contribution in [0, 0.1) is 11.2 Å². The van der Waals surface area contributed by atoms with Crippen molar-refractivity contribution in [2.24, 2.45) is 5.41 Å². The minimum Gasteiger partial charge on any atom is -0.393 e. The summed E-state index contributed by atoms with van der Waals surface area (Å²) in [6, 6.07) is 7.97. The molecule has 0 unspecified atom stereocenters. The van der Waals surface area contributed by atoms with E-state index in [1.165, 1.54) is 12.1 Å². The Morgan fingerprint density at radius 3 is 2.45 bits per heavy atom. The Hall–Kier alpha value is -2.33. The molecule has 2 spiro atoms. The van der Waals surface area contributed by atoms with Crippen molar-refractivity contribution in [1.29, 1.82) is 0 Å². The van der Waals surface area contributed by atoms with Gasteiger partial charge in [0.2, 0.25) is 11.8 Å². The number of aliphatic hydroxyl groups excluding tert-OH is 1. The molecule has 2 aliphatic heterocycles. The molecule has 2 saturated carbocycles. The number of hydrogen-bond acceptors (Lipinski definition) is 4. The molecule has 11 heteroatoms. The fraction of sp³-hybridized carbons (Fsp3) is 0.517. The lowest BCUT2D eigenvalue weighted by Crippen LogP contribution is -2.70. The van der Waals surface area contributed by atoms with Gasteiger partial charge in [0.25, 0.3) is 0 Å². The van der Waals surface area contributed by atoms with E-state index in [1.807, 2.05) is 0 Å². The number of anilines is 1. The van der Waals surface area contributed by atoms with Crippen LogP contribution in [0.25, 0.3) is 0 Å². The predicted octanol–water partition coefficient (Wildman–Crippen LogP) is 4.96. The zero-order valence-corrected chi connectivity index (χ0v) is 23.1. The van der Waals surface area contributed by atoms with E-state index in [0.29, 0.717) is 42.0 Å². The second kappa shape index (κ2) is 9.89. The third kappa shape index (κ3) is 3.91. The Balaban J connectivity index is 1.53. The largest absolute Gasteiger partial charge is 0.393 e. The van der Waals surface area contributed by atoms with Crippen molar-refractivity contribution in [3.63, 3.8) is 0 Å². The minimum absolute atomic E-state index is 0.0621. The summed E-state index contributed by atoms with van der Waals surface area (Å²) >= 11 is 12.5. The zero-order valence-electron chi connectivity index (χ0n) is 21.6. The van der Waals surface area contributed by atoms with Gasteiger partial charge in [-0.2, -0.15) is 0 Å². The molecule has 4 aliphatic rings. The summed E-state index contributed by atoms with van der Waals surface area (Å²) in [4.78, 5) is 28.3. The molecule has 6 nitrogen and oxygen atoms in total. The number of hydrogen-bond donors (Lipinski definition) is 4. The van der Waals surface area contributed by atoms with Gasteiger partial charge in [-0.05, 0) is 67.9 Å². The number of carbonyl (C=O) groups is 2. The maximum Gasteiger partial charge on any atom is 0.238 e. The van der Waals surface area contributed by atoms with Crippen LogP contribution in [0.3, 0.4) is 0 Å². The molecule has 0 bridgehead atoms. The van der Waals surface area contributed by atoms with Crippen LogP contribution in [0.1, 0.15) is 55.6 Å².